The number of rotatable bonds is 7. The summed E-state index contributed by atoms with van der Waals surface area (Å²) in [6.45, 7) is 9.94. The number of fused-ring (bicyclic) bond motifs is 1. The van der Waals surface area contributed by atoms with E-state index in [4.69, 9.17) is 9.41 Å². The van der Waals surface area contributed by atoms with E-state index in [0.717, 1.165) is 17.0 Å². The largest absolute Gasteiger partial charge is 0.450 e. The molecular formula is C34H31N5O3S2. The lowest BCUT2D eigenvalue weighted by atomic mass is 9.93. The predicted octanol–water partition coefficient (Wildman–Crippen LogP) is 6.15. The molecule has 1 atom stereocenters. The maximum atomic E-state index is 14.0. The molecule has 10 heteroatoms. The van der Waals surface area contributed by atoms with Crippen molar-refractivity contribution in [3.05, 3.63) is 132 Å². The van der Waals surface area contributed by atoms with Gasteiger partial charge in [0.15, 0.2) is 15.1 Å². The maximum absolute atomic E-state index is 14.0. The molecule has 0 bridgehead atoms. The van der Waals surface area contributed by atoms with Gasteiger partial charge < -0.3 is 9.73 Å². The molecule has 1 N–H and O–H groups in total. The quantitative estimate of drug-likeness (QED) is 0.219. The van der Waals surface area contributed by atoms with E-state index >= 15 is 0 Å². The Morgan fingerprint density at radius 3 is 2.39 bits per heavy atom. The van der Waals surface area contributed by atoms with Gasteiger partial charge >= 0.3 is 0 Å². The number of benzene rings is 2. The molecule has 0 saturated carbocycles. The molecule has 0 unspecified atom stereocenters. The highest BCUT2D eigenvalue weighted by atomic mass is 32.2. The fraction of sp³-hybridized carbons (Fsp3) is 0.206. The number of amides is 1. The normalized spacial score (nSPS) is 15.0. The SMILES string of the molecule is CC1=C(C(=O)Nc2ccccc2)[C@@H](c2ccc(C(C)C)cc2)n2c(s/c(=C/c3ccc(Sc4nc(C)cc(C)n4)o3)c2=O)=N1. The summed E-state index contributed by atoms with van der Waals surface area (Å²) in [6, 6.07) is 22.3. The van der Waals surface area contributed by atoms with E-state index in [2.05, 4.69) is 41.3 Å². The molecule has 0 aliphatic carbocycles. The van der Waals surface area contributed by atoms with Crippen molar-refractivity contribution in [3.8, 4) is 0 Å². The van der Waals surface area contributed by atoms with Gasteiger partial charge in [0, 0.05) is 23.2 Å². The molecule has 222 valence electrons. The Labute approximate surface area is 262 Å². The van der Waals surface area contributed by atoms with Crippen LogP contribution in [-0.2, 0) is 4.79 Å². The molecule has 1 aliphatic heterocycles. The number of allylic oxidation sites excluding steroid dienone is 1. The molecule has 6 rings (SSSR count). The van der Waals surface area contributed by atoms with Gasteiger partial charge in [-0.05, 0) is 79.9 Å². The number of carbonyl (C=O) groups is 1. The van der Waals surface area contributed by atoms with Crippen molar-refractivity contribution in [3.63, 3.8) is 0 Å². The zero-order valence-corrected chi connectivity index (χ0v) is 26.6. The molecule has 5 aromatic rings. The highest BCUT2D eigenvalue weighted by Crippen LogP contribution is 2.32. The van der Waals surface area contributed by atoms with Crippen LogP contribution < -0.4 is 20.2 Å². The number of para-hydroxylation sites is 1. The molecule has 3 aromatic heterocycles. The molecule has 44 heavy (non-hydrogen) atoms. The predicted molar refractivity (Wildman–Crippen MR) is 174 cm³/mol. The summed E-state index contributed by atoms with van der Waals surface area (Å²) in [4.78, 5) is 42.0. The Bertz CT molecular complexity index is 2050. The monoisotopic (exact) mass is 621 g/mol. The Kier molecular flexibility index (Phi) is 8.20. The summed E-state index contributed by atoms with van der Waals surface area (Å²) in [5, 5.41) is 4.21. The first-order chi connectivity index (χ1) is 21.2. The van der Waals surface area contributed by atoms with Crippen molar-refractivity contribution in [1.29, 1.82) is 0 Å². The first-order valence-electron chi connectivity index (χ1n) is 14.2. The number of anilines is 1. The third-order valence-electron chi connectivity index (χ3n) is 7.25. The van der Waals surface area contributed by atoms with Gasteiger partial charge in [0.05, 0.1) is 21.8 Å². The second kappa shape index (κ2) is 12.2. The fourth-order valence-electron chi connectivity index (χ4n) is 5.14. The van der Waals surface area contributed by atoms with Crippen molar-refractivity contribution in [2.24, 2.45) is 4.99 Å². The summed E-state index contributed by atoms with van der Waals surface area (Å²) >= 11 is 2.60. The van der Waals surface area contributed by atoms with Crippen LogP contribution in [0.4, 0.5) is 5.69 Å². The second-order valence-electron chi connectivity index (χ2n) is 10.9. The van der Waals surface area contributed by atoms with Crippen LogP contribution in [0.2, 0.25) is 0 Å². The number of aromatic nitrogens is 3. The highest BCUT2D eigenvalue weighted by molar-refractivity contribution is 7.99. The number of nitrogens with one attached hydrogen (secondary N) is 1. The maximum Gasteiger partial charge on any atom is 0.271 e. The Morgan fingerprint density at radius 1 is 1.00 bits per heavy atom. The Morgan fingerprint density at radius 2 is 1.70 bits per heavy atom. The van der Waals surface area contributed by atoms with E-state index in [0.29, 0.717) is 48.2 Å². The zero-order valence-electron chi connectivity index (χ0n) is 25.0. The average molecular weight is 622 g/mol. The van der Waals surface area contributed by atoms with Crippen LogP contribution in [0.5, 0.6) is 0 Å². The number of furan rings is 1. The van der Waals surface area contributed by atoms with Gasteiger partial charge in [-0.25, -0.2) is 15.0 Å². The molecule has 0 saturated heterocycles. The van der Waals surface area contributed by atoms with Crippen molar-refractivity contribution >= 4 is 40.8 Å². The fourth-order valence-corrected chi connectivity index (χ4v) is 7.00. The molecule has 0 fully saturated rings. The summed E-state index contributed by atoms with van der Waals surface area (Å²) in [5.74, 6) is 0.575. The number of thiazole rings is 1. The van der Waals surface area contributed by atoms with Crippen LogP contribution in [0.3, 0.4) is 0 Å². The number of aryl methyl sites for hydroxylation is 2. The molecule has 0 radical (unpaired) electrons. The van der Waals surface area contributed by atoms with Crippen molar-refractivity contribution < 1.29 is 9.21 Å². The van der Waals surface area contributed by atoms with E-state index in [1.807, 2.05) is 81.4 Å². The smallest absolute Gasteiger partial charge is 0.271 e. The molecular weight excluding hydrogens is 591 g/mol. The van der Waals surface area contributed by atoms with Crippen LogP contribution in [0.1, 0.15) is 61.0 Å². The second-order valence-corrected chi connectivity index (χ2v) is 12.9. The van der Waals surface area contributed by atoms with Crippen molar-refractivity contribution in [1.82, 2.24) is 14.5 Å². The lowest BCUT2D eigenvalue weighted by Crippen LogP contribution is -2.40. The number of nitrogens with zero attached hydrogens (tertiary/aromatic N) is 4. The molecule has 1 amide bonds. The van der Waals surface area contributed by atoms with Gasteiger partial charge in [0.2, 0.25) is 0 Å². The zero-order chi connectivity index (χ0) is 31.0. The van der Waals surface area contributed by atoms with Crippen molar-refractivity contribution in [2.45, 2.75) is 56.8 Å². The summed E-state index contributed by atoms with van der Waals surface area (Å²) in [5.41, 5.74) is 5.19. The standard InChI is InChI=1S/C34H31N5O3S2/c1-19(2)23-11-13-24(14-12-23)30-29(31(40)38-25-9-7-6-8-10-25)22(5)37-34-39(30)32(41)27(43-34)18-26-15-16-28(42-26)44-33-35-20(3)17-21(4)36-33/h6-19,30H,1-5H3,(H,38,40)/b27-18+/t30-/m1/s1. The van der Waals surface area contributed by atoms with Gasteiger partial charge in [-0.1, -0.05) is 67.6 Å². The van der Waals surface area contributed by atoms with Gasteiger partial charge in [-0.3, -0.25) is 14.2 Å². The lowest BCUT2D eigenvalue weighted by molar-refractivity contribution is -0.113. The third-order valence-corrected chi connectivity index (χ3v) is 9.01. The minimum absolute atomic E-state index is 0.243. The van der Waals surface area contributed by atoms with Gasteiger partial charge in [-0.15, -0.1) is 0 Å². The molecule has 8 nitrogen and oxygen atoms in total. The van der Waals surface area contributed by atoms with Crippen LogP contribution in [-0.4, -0.2) is 20.4 Å². The lowest BCUT2D eigenvalue weighted by Gasteiger charge is -2.25. The Balaban J connectivity index is 1.40. The van der Waals surface area contributed by atoms with Crippen LogP contribution in [0.25, 0.3) is 6.08 Å². The van der Waals surface area contributed by atoms with E-state index in [1.54, 1.807) is 10.6 Å². The third kappa shape index (κ3) is 6.09. The minimum atomic E-state index is -0.650. The van der Waals surface area contributed by atoms with Crippen LogP contribution >= 0.6 is 23.1 Å². The summed E-state index contributed by atoms with van der Waals surface area (Å²) in [6.07, 6.45) is 1.72. The van der Waals surface area contributed by atoms with Crippen LogP contribution in [0.15, 0.2) is 109 Å². The number of hydrogen-bond donors (Lipinski definition) is 1. The molecule has 2 aromatic carbocycles. The highest BCUT2D eigenvalue weighted by Gasteiger charge is 2.32. The topological polar surface area (TPSA) is 102 Å². The summed E-state index contributed by atoms with van der Waals surface area (Å²) in [7, 11) is 0. The van der Waals surface area contributed by atoms with E-state index in [1.165, 1.54) is 28.7 Å². The first-order valence-corrected chi connectivity index (χ1v) is 15.9. The number of hydrogen-bond acceptors (Lipinski definition) is 8. The van der Waals surface area contributed by atoms with E-state index in [-0.39, 0.29) is 11.5 Å². The van der Waals surface area contributed by atoms with Gasteiger partial charge in [-0.2, -0.15) is 0 Å². The minimum Gasteiger partial charge on any atom is -0.450 e. The molecule has 4 heterocycles. The molecule has 1 aliphatic rings. The van der Waals surface area contributed by atoms with Gasteiger partial charge in [0.25, 0.3) is 11.5 Å². The Hall–Kier alpha value is -4.54. The number of carbonyl (C=O) groups excluding carboxylic acids is 1. The van der Waals surface area contributed by atoms with Crippen molar-refractivity contribution in [2.75, 3.05) is 5.32 Å². The molecule has 0 spiro atoms. The van der Waals surface area contributed by atoms with Gasteiger partial charge in [0.1, 0.15) is 5.76 Å². The van der Waals surface area contributed by atoms with Crippen LogP contribution in [0, 0.1) is 13.8 Å². The average Bonchev–Trinajstić information content (AvgIpc) is 3.55. The van der Waals surface area contributed by atoms with E-state index in [9.17, 15) is 9.59 Å². The summed E-state index contributed by atoms with van der Waals surface area (Å²) < 4.78 is 8.11. The first kappa shape index (κ1) is 29.5. The van der Waals surface area contributed by atoms with E-state index < -0.39 is 6.04 Å².